The summed E-state index contributed by atoms with van der Waals surface area (Å²) in [4.78, 5) is 18.9. The van der Waals surface area contributed by atoms with Crippen LogP contribution in [0.5, 0.6) is 0 Å². The second kappa shape index (κ2) is 5.66. The van der Waals surface area contributed by atoms with Crippen LogP contribution >= 0.6 is 0 Å². The first-order valence-corrected chi connectivity index (χ1v) is 7.23. The number of carbonyl (C=O) groups excluding carboxylic acids is 1. The third kappa shape index (κ3) is 2.43. The van der Waals surface area contributed by atoms with Crippen LogP contribution in [0.2, 0.25) is 0 Å². The molecular weight excluding hydrogens is 262 g/mol. The summed E-state index contributed by atoms with van der Waals surface area (Å²) >= 11 is 0. The molecule has 3 rings (SSSR count). The smallest absolute Gasteiger partial charge is 0.273 e. The van der Waals surface area contributed by atoms with Crippen molar-refractivity contribution >= 4 is 5.91 Å². The zero-order valence-corrected chi connectivity index (χ0v) is 12.1. The van der Waals surface area contributed by atoms with Gasteiger partial charge in [-0.05, 0) is 36.1 Å². The summed E-state index contributed by atoms with van der Waals surface area (Å²) in [6.07, 6.45) is 2.53. The quantitative estimate of drug-likeness (QED) is 0.917. The molecule has 0 fully saturated rings. The molecule has 1 aromatic heterocycles. The number of aromatic nitrogens is 1. The highest BCUT2D eigenvalue weighted by molar-refractivity contribution is 5.94. The lowest BCUT2D eigenvalue weighted by molar-refractivity contribution is 0.0661. The van der Waals surface area contributed by atoms with Crippen LogP contribution in [0.4, 0.5) is 0 Å². The van der Waals surface area contributed by atoms with Crippen LogP contribution in [-0.4, -0.2) is 28.9 Å². The van der Waals surface area contributed by atoms with Gasteiger partial charge in [0.2, 0.25) is 0 Å². The number of hydrogen-bond donors (Lipinski definition) is 1. The highest BCUT2D eigenvalue weighted by Crippen LogP contribution is 2.30. The van der Waals surface area contributed by atoms with Crippen LogP contribution in [0.3, 0.4) is 0 Å². The Hall–Kier alpha value is -2.20. The summed E-state index contributed by atoms with van der Waals surface area (Å²) in [5, 5.41) is 0. The Morgan fingerprint density at radius 1 is 1.33 bits per heavy atom. The minimum absolute atomic E-state index is 0.0296. The fourth-order valence-corrected chi connectivity index (χ4v) is 2.99. The number of nitrogens with zero attached hydrogens (tertiary/aromatic N) is 2. The molecule has 0 radical (unpaired) electrons. The van der Waals surface area contributed by atoms with E-state index in [0.717, 1.165) is 17.5 Å². The summed E-state index contributed by atoms with van der Waals surface area (Å²) in [6.45, 7) is 3.03. The maximum absolute atomic E-state index is 12.8. The third-order valence-corrected chi connectivity index (χ3v) is 4.11. The molecule has 1 amide bonds. The molecule has 108 valence electrons. The van der Waals surface area contributed by atoms with Crippen LogP contribution in [0.25, 0.3) is 0 Å². The van der Waals surface area contributed by atoms with Gasteiger partial charge in [0.15, 0.2) is 0 Å². The fraction of sp³-hybridized carbons (Fsp3) is 0.294. The lowest BCUT2D eigenvalue weighted by atomic mass is 9.92. The van der Waals surface area contributed by atoms with Gasteiger partial charge in [-0.25, -0.2) is 0 Å². The molecule has 0 saturated heterocycles. The van der Waals surface area contributed by atoms with Gasteiger partial charge in [0.05, 0.1) is 6.04 Å². The van der Waals surface area contributed by atoms with Gasteiger partial charge < -0.3 is 10.6 Å². The van der Waals surface area contributed by atoms with E-state index >= 15 is 0 Å². The van der Waals surface area contributed by atoms with Gasteiger partial charge in [0, 0.05) is 19.3 Å². The standard InChI is InChI=1S/C17H19N3O/c1-12-5-4-9-19-16(12)17(21)20-10-8-13-6-2-3-7-14(13)15(20)11-18/h2-7,9,15H,8,10-11,18H2,1H3. The van der Waals surface area contributed by atoms with E-state index in [4.69, 9.17) is 5.73 Å². The molecule has 0 saturated carbocycles. The molecule has 4 heteroatoms. The molecule has 0 bridgehead atoms. The molecule has 1 aromatic carbocycles. The molecule has 1 aliphatic heterocycles. The van der Waals surface area contributed by atoms with Crippen molar-refractivity contribution in [1.29, 1.82) is 0 Å². The van der Waals surface area contributed by atoms with Gasteiger partial charge in [-0.2, -0.15) is 0 Å². The molecule has 1 aliphatic rings. The molecule has 0 aliphatic carbocycles. The molecule has 1 unspecified atom stereocenters. The van der Waals surface area contributed by atoms with Gasteiger partial charge in [0.1, 0.15) is 5.69 Å². The number of nitrogens with two attached hydrogens (primary N) is 1. The Bertz CT molecular complexity index is 669. The van der Waals surface area contributed by atoms with E-state index in [1.165, 1.54) is 5.56 Å². The maximum Gasteiger partial charge on any atom is 0.273 e. The average molecular weight is 281 g/mol. The second-order valence-corrected chi connectivity index (χ2v) is 5.37. The van der Waals surface area contributed by atoms with Gasteiger partial charge in [0.25, 0.3) is 5.91 Å². The largest absolute Gasteiger partial charge is 0.329 e. The number of hydrogen-bond acceptors (Lipinski definition) is 3. The van der Waals surface area contributed by atoms with Crippen LogP contribution in [0.1, 0.15) is 33.2 Å². The van der Waals surface area contributed by atoms with Crippen LogP contribution in [0.15, 0.2) is 42.6 Å². The number of rotatable bonds is 2. The average Bonchev–Trinajstić information content (AvgIpc) is 2.53. The molecule has 2 N–H and O–H groups in total. The van der Waals surface area contributed by atoms with Gasteiger partial charge in [-0.15, -0.1) is 0 Å². The Morgan fingerprint density at radius 2 is 2.14 bits per heavy atom. The van der Waals surface area contributed by atoms with Crippen molar-refractivity contribution in [3.63, 3.8) is 0 Å². The topological polar surface area (TPSA) is 59.2 Å². The van der Waals surface area contributed by atoms with Crippen molar-refractivity contribution in [2.75, 3.05) is 13.1 Å². The van der Waals surface area contributed by atoms with E-state index in [-0.39, 0.29) is 11.9 Å². The van der Waals surface area contributed by atoms with Gasteiger partial charge >= 0.3 is 0 Å². The number of benzene rings is 1. The minimum Gasteiger partial charge on any atom is -0.329 e. The Labute approximate surface area is 124 Å². The molecule has 4 nitrogen and oxygen atoms in total. The second-order valence-electron chi connectivity index (χ2n) is 5.37. The van der Waals surface area contributed by atoms with Crippen molar-refractivity contribution in [3.05, 3.63) is 65.0 Å². The predicted octanol–water partition coefficient (Wildman–Crippen LogP) is 2.09. The van der Waals surface area contributed by atoms with Crippen LogP contribution in [-0.2, 0) is 6.42 Å². The number of aryl methyl sites for hydroxylation is 1. The highest BCUT2D eigenvalue weighted by atomic mass is 16.2. The minimum atomic E-state index is -0.0659. The lowest BCUT2D eigenvalue weighted by Crippen LogP contribution is -2.43. The normalized spacial score (nSPS) is 17.4. The molecule has 2 aromatic rings. The molecular formula is C17H19N3O. The van der Waals surface area contributed by atoms with E-state index < -0.39 is 0 Å². The van der Waals surface area contributed by atoms with Gasteiger partial charge in [-0.1, -0.05) is 30.3 Å². The molecule has 21 heavy (non-hydrogen) atoms. The summed E-state index contributed by atoms with van der Waals surface area (Å²) in [5.74, 6) is -0.0296. The summed E-state index contributed by atoms with van der Waals surface area (Å²) in [5.41, 5.74) is 9.82. The lowest BCUT2D eigenvalue weighted by Gasteiger charge is -2.36. The first-order valence-electron chi connectivity index (χ1n) is 7.23. The van der Waals surface area contributed by atoms with Crippen molar-refractivity contribution in [2.45, 2.75) is 19.4 Å². The molecule has 2 heterocycles. The molecule has 0 spiro atoms. The first-order chi connectivity index (χ1) is 10.2. The van der Waals surface area contributed by atoms with Crippen molar-refractivity contribution in [3.8, 4) is 0 Å². The van der Waals surface area contributed by atoms with E-state index in [0.29, 0.717) is 18.8 Å². The molecule has 1 atom stereocenters. The predicted molar refractivity (Wildman–Crippen MR) is 82.0 cm³/mol. The SMILES string of the molecule is Cc1cccnc1C(=O)N1CCc2ccccc2C1CN. The Morgan fingerprint density at radius 3 is 2.90 bits per heavy atom. The van der Waals surface area contributed by atoms with Crippen molar-refractivity contribution < 1.29 is 4.79 Å². The fourth-order valence-electron chi connectivity index (χ4n) is 2.99. The number of fused-ring (bicyclic) bond motifs is 1. The van der Waals surface area contributed by atoms with E-state index in [1.54, 1.807) is 6.20 Å². The van der Waals surface area contributed by atoms with Crippen molar-refractivity contribution in [2.24, 2.45) is 5.73 Å². The van der Waals surface area contributed by atoms with E-state index in [2.05, 4.69) is 17.1 Å². The van der Waals surface area contributed by atoms with Gasteiger partial charge in [-0.3, -0.25) is 9.78 Å². The number of carbonyl (C=O) groups is 1. The highest BCUT2D eigenvalue weighted by Gasteiger charge is 2.31. The van der Waals surface area contributed by atoms with Crippen LogP contribution in [0, 0.1) is 6.92 Å². The van der Waals surface area contributed by atoms with Crippen molar-refractivity contribution in [1.82, 2.24) is 9.88 Å². The number of amides is 1. The Balaban J connectivity index is 1.96. The van der Waals surface area contributed by atoms with Crippen LogP contribution < -0.4 is 5.73 Å². The summed E-state index contributed by atoms with van der Waals surface area (Å²) in [6, 6.07) is 11.9. The maximum atomic E-state index is 12.8. The summed E-state index contributed by atoms with van der Waals surface area (Å²) < 4.78 is 0. The number of pyridine rings is 1. The first kappa shape index (κ1) is 13.8. The zero-order valence-electron chi connectivity index (χ0n) is 12.1. The summed E-state index contributed by atoms with van der Waals surface area (Å²) in [7, 11) is 0. The Kier molecular flexibility index (Phi) is 3.71. The third-order valence-electron chi connectivity index (χ3n) is 4.11. The van der Waals surface area contributed by atoms with E-state index in [1.807, 2.05) is 36.1 Å². The van der Waals surface area contributed by atoms with E-state index in [9.17, 15) is 4.79 Å². The monoisotopic (exact) mass is 281 g/mol. The zero-order chi connectivity index (χ0) is 14.8.